The molecule has 0 amide bonds. The number of aromatic nitrogens is 1. The fraction of sp³-hybridized carbons (Fsp3) is 0.500. The highest BCUT2D eigenvalue weighted by Crippen LogP contribution is 2.25. The first-order valence-corrected chi connectivity index (χ1v) is 5.95. The molecule has 0 bridgehead atoms. The molecule has 92 valence electrons. The van der Waals surface area contributed by atoms with Gasteiger partial charge in [-0.2, -0.15) is 0 Å². The van der Waals surface area contributed by atoms with E-state index >= 15 is 0 Å². The van der Waals surface area contributed by atoms with Crippen molar-refractivity contribution in [2.24, 2.45) is 0 Å². The van der Waals surface area contributed by atoms with Crippen molar-refractivity contribution in [2.45, 2.75) is 19.4 Å². The van der Waals surface area contributed by atoms with E-state index in [1.807, 2.05) is 0 Å². The summed E-state index contributed by atoms with van der Waals surface area (Å²) in [6.45, 7) is 3.13. The van der Waals surface area contributed by atoms with Crippen LogP contribution in [-0.2, 0) is 4.74 Å². The van der Waals surface area contributed by atoms with E-state index in [4.69, 9.17) is 16.3 Å². The summed E-state index contributed by atoms with van der Waals surface area (Å²) in [6.07, 6.45) is 1.15. The Balaban J connectivity index is 2.31. The second-order valence-corrected chi connectivity index (χ2v) is 4.54. The maximum atomic E-state index is 11.5. The zero-order chi connectivity index (χ0) is 12.4. The van der Waals surface area contributed by atoms with Crippen molar-refractivity contribution in [2.75, 3.05) is 25.1 Å². The van der Waals surface area contributed by atoms with Crippen molar-refractivity contribution in [1.29, 1.82) is 0 Å². The maximum absolute atomic E-state index is 11.5. The molecule has 0 aliphatic carbocycles. The third kappa shape index (κ3) is 2.58. The van der Waals surface area contributed by atoms with E-state index < -0.39 is 0 Å². The zero-order valence-corrected chi connectivity index (χ0v) is 10.7. The lowest BCUT2D eigenvalue weighted by atomic mass is 10.2. The van der Waals surface area contributed by atoms with E-state index in [1.165, 1.54) is 6.92 Å². The van der Waals surface area contributed by atoms with Gasteiger partial charge in [-0.1, -0.05) is 11.6 Å². The Hall–Kier alpha value is -1.13. The van der Waals surface area contributed by atoms with Gasteiger partial charge in [0.25, 0.3) is 0 Å². The van der Waals surface area contributed by atoms with Crippen LogP contribution in [0.1, 0.15) is 23.7 Å². The molecule has 1 fully saturated rings. The number of methoxy groups -OCH3 is 1. The highest BCUT2D eigenvalue weighted by molar-refractivity contribution is 6.29. The van der Waals surface area contributed by atoms with Gasteiger partial charge in [-0.3, -0.25) is 4.79 Å². The normalized spacial score (nSPS) is 19.7. The van der Waals surface area contributed by atoms with Crippen LogP contribution in [0.3, 0.4) is 0 Å². The Labute approximate surface area is 106 Å². The smallest absolute Gasteiger partial charge is 0.163 e. The van der Waals surface area contributed by atoms with Crippen molar-refractivity contribution in [3.63, 3.8) is 0 Å². The molecule has 1 atom stereocenters. The Bertz CT molecular complexity index is 437. The molecule has 0 radical (unpaired) electrons. The van der Waals surface area contributed by atoms with Gasteiger partial charge in [0, 0.05) is 20.2 Å². The fourth-order valence-corrected chi connectivity index (χ4v) is 2.20. The third-order valence-electron chi connectivity index (χ3n) is 3.00. The van der Waals surface area contributed by atoms with E-state index in [1.54, 1.807) is 19.2 Å². The van der Waals surface area contributed by atoms with Crippen molar-refractivity contribution in [3.8, 4) is 0 Å². The molecule has 1 aromatic rings. The van der Waals surface area contributed by atoms with Crippen LogP contribution in [-0.4, -0.2) is 37.1 Å². The summed E-state index contributed by atoms with van der Waals surface area (Å²) in [5.74, 6) is 0.676. The number of ketones is 1. The Morgan fingerprint density at radius 2 is 2.35 bits per heavy atom. The lowest BCUT2D eigenvalue weighted by Gasteiger charge is -2.19. The number of hydrogen-bond donors (Lipinski definition) is 0. The predicted molar refractivity (Wildman–Crippen MR) is 66.9 cm³/mol. The van der Waals surface area contributed by atoms with Crippen LogP contribution in [0, 0.1) is 0 Å². The maximum Gasteiger partial charge on any atom is 0.163 e. The van der Waals surface area contributed by atoms with Crippen molar-refractivity contribution < 1.29 is 9.53 Å². The summed E-state index contributed by atoms with van der Waals surface area (Å²) < 4.78 is 5.31. The molecule has 2 heterocycles. The van der Waals surface area contributed by atoms with Gasteiger partial charge in [0.05, 0.1) is 11.7 Å². The molecule has 1 saturated heterocycles. The average molecular weight is 255 g/mol. The molecule has 0 N–H and O–H groups in total. The van der Waals surface area contributed by atoms with E-state index in [0.717, 1.165) is 19.5 Å². The minimum Gasteiger partial charge on any atom is -0.380 e. The number of Topliss-reactive ketones (excluding diaryl/α,β-unsaturated/α-hetero) is 1. The summed E-state index contributed by atoms with van der Waals surface area (Å²) in [6, 6.07) is 3.37. The highest BCUT2D eigenvalue weighted by Gasteiger charge is 2.26. The minimum absolute atomic E-state index is 0.00466. The predicted octanol–water partition coefficient (Wildman–Crippen LogP) is 2.16. The Morgan fingerprint density at radius 1 is 1.59 bits per heavy atom. The standard InChI is InChI=1S/C12H15ClN2O2/c1-8(16)10-3-4-11(13)14-12(10)15-6-5-9(7-15)17-2/h3-4,9H,5-7H2,1-2H3/t9-/m0/s1. The van der Waals surface area contributed by atoms with Crippen LogP contribution >= 0.6 is 11.6 Å². The number of ether oxygens (including phenoxy) is 1. The molecule has 4 nitrogen and oxygen atoms in total. The molecule has 0 aromatic carbocycles. The zero-order valence-electron chi connectivity index (χ0n) is 9.94. The molecule has 0 unspecified atom stereocenters. The van der Waals surface area contributed by atoms with Gasteiger partial charge < -0.3 is 9.64 Å². The Morgan fingerprint density at radius 3 is 2.94 bits per heavy atom. The molecule has 2 rings (SSSR count). The molecule has 1 aliphatic heterocycles. The number of halogens is 1. The largest absolute Gasteiger partial charge is 0.380 e. The van der Waals surface area contributed by atoms with E-state index in [2.05, 4.69) is 9.88 Å². The summed E-state index contributed by atoms with van der Waals surface area (Å²) in [5, 5.41) is 0.408. The fourth-order valence-electron chi connectivity index (χ4n) is 2.05. The lowest BCUT2D eigenvalue weighted by molar-refractivity contribution is 0.101. The van der Waals surface area contributed by atoms with Crippen molar-refractivity contribution in [1.82, 2.24) is 4.98 Å². The molecular formula is C12H15ClN2O2. The quantitative estimate of drug-likeness (QED) is 0.612. The number of nitrogens with zero attached hydrogens (tertiary/aromatic N) is 2. The van der Waals surface area contributed by atoms with Gasteiger partial charge in [0.2, 0.25) is 0 Å². The van der Waals surface area contributed by atoms with Crippen LogP contribution < -0.4 is 4.90 Å². The summed E-state index contributed by atoms with van der Waals surface area (Å²) in [4.78, 5) is 17.9. The van der Waals surface area contributed by atoms with Crippen molar-refractivity contribution in [3.05, 3.63) is 22.8 Å². The van der Waals surface area contributed by atoms with Crippen molar-refractivity contribution >= 4 is 23.2 Å². The van der Waals surface area contributed by atoms with Crippen LogP contribution in [0.4, 0.5) is 5.82 Å². The van der Waals surface area contributed by atoms with Gasteiger partial charge in [-0.25, -0.2) is 4.98 Å². The monoisotopic (exact) mass is 254 g/mol. The topological polar surface area (TPSA) is 42.4 Å². The molecular weight excluding hydrogens is 240 g/mol. The second-order valence-electron chi connectivity index (χ2n) is 4.15. The summed E-state index contributed by atoms with van der Waals surface area (Å²) >= 11 is 5.89. The van der Waals surface area contributed by atoms with E-state index in [9.17, 15) is 4.79 Å². The van der Waals surface area contributed by atoms with Crippen LogP contribution in [0.25, 0.3) is 0 Å². The molecule has 0 spiro atoms. The van der Waals surface area contributed by atoms with Crippen LogP contribution in [0.15, 0.2) is 12.1 Å². The van der Waals surface area contributed by atoms with Gasteiger partial charge in [-0.05, 0) is 25.5 Å². The SMILES string of the molecule is CO[C@H]1CCN(c2nc(Cl)ccc2C(C)=O)C1. The molecule has 1 aromatic heterocycles. The Kier molecular flexibility index (Phi) is 3.64. The number of carbonyl (C=O) groups is 1. The number of pyridine rings is 1. The number of rotatable bonds is 3. The summed E-state index contributed by atoms with van der Waals surface area (Å²) in [5.41, 5.74) is 0.617. The average Bonchev–Trinajstić information content (AvgIpc) is 2.76. The first-order valence-electron chi connectivity index (χ1n) is 5.57. The molecule has 5 heteroatoms. The minimum atomic E-state index is 0.00466. The van der Waals surface area contributed by atoms with Crippen LogP contribution in [0.5, 0.6) is 0 Å². The van der Waals surface area contributed by atoms with Crippen LogP contribution in [0.2, 0.25) is 5.15 Å². The van der Waals surface area contributed by atoms with Gasteiger partial charge in [0.1, 0.15) is 11.0 Å². The molecule has 17 heavy (non-hydrogen) atoms. The highest BCUT2D eigenvalue weighted by atomic mass is 35.5. The summed E-state index contributed by atoms with van der Waals surface area (Å²) in [7, 11) is 1.70. The van der Waals surface area contributed by atoms with E-state index in [-0.39, 0.29) is 11.9 Å². The first-order chi connectivity index (χ1) is 8.11. The van der Waals surface area contributed by atoms with Gasteiger partial charge >= 0.3 is 0 Å². The molecule has 0 saturated carbocycles. The number of carbonyl (C=O) groups excluding carboxylic acids is 1. The number of hydrogen-bond acceptors (Lipinski definition) is 4. The third-order valence-corrected chi connectivity index (χ3v) is 3.21. The molecule has 1 aliphatic rings. The first kappa shape index (κ1) is 12.3. The van der Waals surface area contributed by atoms with E-state index in [0.29, 0.717) is 16.5 Å². The second kappa shape index (κ2) is 5.02. The number of anilines is 1. The lowest BCUT2D eigenvalue weighted by Crippen LogP contribution is -2.25. The van der Waals surface area contributed by atoms with Gasteiger partial charge in [0.15, 0.2) is 5.78 Å². The van der Waals surface area contributed by atoms with Gasteiger partial charge in [-0.15, -0.1) is 0 Å².